The van der Waals surface area contributed by atoms with Gasteiger partial charge in [0.2, 0.25) is 0 Å². The molecule has 1 saturated carbocycles. The number of sulfone groups is 1. The molecule has 0 bridgehead atoms. The highest BCUT2D eigenvalue weighted by atomic mass is 32.2. The minimum absolute atomic E-state index is 0.346. The van der Waals surface area contributed by atoms with Crippen molar-refractivity contribution in [2.75, 3.05) is 20.0 Å². The first-order valence-corrected chi connectivity index (χ1v) is 7.52. The summed E-state index contributed by atoms with van der Waals surface area (Å²) in [5.74, 6) is 0.338. The molecule has 1 aromatic carbocycles. The Labute approximate surface area is 106 Å². The summed E-state index contributed by atoms with van der Waals surface area (Å²) in [7, 11) is -1.72. The minimum atomic E-state index is -3.28. The maximum absolute atomic E-state index is 11.7. The SMILES string of the molecule is COc1ccc(C2C(S(C)(=O)=O)C2(N)CO)cc1. The van der Waals surface area contributed by atoms with Crippen LogP contribution in [0.4, 0.5) is 0 Å². The van der Waals surface area contributed by atoms with Crippen molar-refractivity contribution in [3.8, 4) is 5.75 Å². The number of rotatable bonds is 4. The highest BCUT2D eigenvalue weighted by Gasteiger charge is 2.67. The van der Waals surface area contributed by atoms with Gasteiger partial charge in [0.1, 0.15) is 5.75 Å². The van der Waals surface area contributed by atoms with Crippen LogP contribution < -0.4 is 10.5 Å². The summed E-state index contributed by atoms with van der Waals surface area (Å²) >= 11 is 0. The smallest absolute Gasteiger partial charge is 0.152 e. The molecule has 0 aromatic heterocycles. The molecular formula is C12H17NO4S. The quantitative estimate of drug-likeness (QED) is 0.798. The van der Waals surface area contributed by atoms with E-state index in [1.165, 1.54) is 0 Å². The van der Waals surface area contributed by atoms with Gasteiger partial charge in [0.15, 0.2) is 9.84 Å². The lowest BCUT2D eigenvalue weighted by molar-refractivity contribution is 0.253. The van der Waals surface area contributed by atoms with E-state index < -0.39 is 20.6 Å². The highest BCUT2D eigenvalue weighted by molar-refractivity contribution is 7.91. The number of hydrogen-bond donors (Lipinski definition) is 2. The van der Waals surface area contributed by atoms with Gasteiger partial charge in [-0.3, -0.25) is 0 Å². The summed E-state index contributed by atoms with van der Waals surface area (Å²) in [6.45, 7) is -0.346. The molecule has 3 atom stereocenters. The molecule has 0 aliphatic heterocycles. The molecular weight excluding hydrogens is 254 g/mol. The fourth-order valence-corrected chi connectivity index (χ4v) is 4.40. The van der Waals surface area contributed by atoms with E-state index in [-0.39, 0.29) is 12.5 Å². The molecule has 0 amide bonds. The predicted octanol–water partition coefficient (Wildman–Crippen LogP) is -0.105. The van der Waals surface area contributed by atoms with Crippen LogP contribution in [-0.4, -0.2) is 44.3 Å². The zero-order valence-electron chi connectivity index (χ0n) is 10.3. The number of ether oxygens (including phenoxy) is 1. The first-order valence-electron chi connectivity index (χ1n) is 5.57. The van der Waals surface area contributed by atoms with E-state index in [4.69, 9.17) is 10.5 Å². The van der Waals surface area contributed by atoms with Crippen molar-refractivity contribution in [3.05, 3.63) is 29.8 Å². The van der Waals surface area contributed by atoms with Crippen LogP contribution in [0.3, 0.4) is 0 Å². The van der Waals surface area contributed by atoms with Crippen molar-refractivity contribution >= 4 is 9.84 Å². The van der Waals surface area contributed by atoms with Crippen LogP contribution in [0, 0.1) is 0 Å². The third-order valence-electron chi connectivity index (χ3n) is 3.51. The van der Waals surface area contributed by atoms with Gasteiger partial charge in [-0.1, -0.05) is 12.1 Å². The van der Waals surface area contributed by atoms with E-state index in [1.807, 2.05) is 0 Å². The van der Waals surface area contributed by atoms with E-state index in [0.717, 1.165) is 11.8 Å². The Balaban J connectivity index is 2.33. The van der Waals surface area contributed by atoms with E-state index >= 15 is 0 Å². The molecule has 1 aliphatic carbocycles. The van der Waals surface area contributed by atoms with Crippen molar-refractivity contribution in [1.82, 2.24) is 0 Å². The topological polar surface area (TPSA) is 89.6 Å². The Hall–Kier alpha value is -1.11. The lowest BCUT2D eigenvalue weighted by Crippen LogP contribution is -2.34. The molecule has 5 nitrogen and oxygen atoms in total. The molecule has 1 aliphatic rings. The number of hydrogen-bond acceptors (Lipinski definition) is 5. The number of benzene rings is 1. The zero-order valence-corrected chi connectivity index (χ0v) is 11.1. The molecule has 1 aromatic rings. The normalized spacial score (nSPS) is 31.1. The molecule has 3 N–H and O–H groups in total. The van der Waals surface area contributed by atoms with Crippen LogP contribution >= 0.6 is 0 Å². The van der Waals surface area contributed by atoms with Gasteiger partial charge in [-0.05, 0) is 17.7 Å². The summed E-state index contributed by atoms with van der Waals surface area (Å²) in [6, 6.07) is 7.08. The Morgan fingerprint density at radius 3 is 2.28 bits per heavy atom. The van der Waals surface area contributed by atoms with E-state index in [0.29, 0.717) is 5.75 Å². The van der Waals surface area contributed by atoms with Crippen molar-refractivity contribution < 1.29 is 18.3 Å². The fraction of sp³-hybridized carbons (Fsp3) is 0.500. The fourth-order valence-electron chi connectivity index (χ4n) is 2.55. The van der Waals surface area contributed by atoms with Crippen LogP contribution in [0.5, 0.6) is 5.75 Å². The number of aliphatic hydroxyl groups excluding tert-OH is 1. The summed E-state index contributed by atoms with van der Waals surface area (Å²) in [5.41, 5.74) is 5.70. The van der Waals surface area contributed by atoms with Gasteiger partial charge in [-0.15, -0.1) is 0 Å². The first-order chi connectivity index (χ1) is 8.34. The summed E-state index contributed by atoms with van der Waals surface area (Å²) < 4.78 is 28.4. The van der Waals surface area contributed by atoms with Crippen LogP contribution in [-0.2, 0) is 9.84 Å². The standard InChI is InChI=1S/C12H17NO4S/c1-17-9-5-3-8(4-6-9)10-11(18(2,15)16)12(10,13)7-14/h3-6,10-11,14H,7,13H2,1-2H3. The van der Waals surface area contributed by atoms with Gasteiger partial charge >= 0.3 is 0 Å². The third kappa shape index (κ3) is 2.00. The second-order valence-electron chi connectivity index (χ2n) is 4.77. The molecule has 6 heteroatoms. The van der Waals surface area contributed by atoms with Crippen LogP contribution in [0.15, 0.2) is 24.3 Å². The van der Waals surface area contributed by atoms with E-state index in [9.17, 15) is 13.5 Å². The summed E-state index contributed by atoms with van der Waals surface area (Å²) in [6.07, 6.45) is 1.15. The molecule has 0 saturated heterocycles. The average Bonchev–Trinajstić information content (AvgIpc) is 2.97. The highest BCUT2D eigenvalue weighted by Crippen LogP contribution is 2.53. The molecule has 100 valence electrons. The second-order valence-corrected chi connectivity index (χ2v) is 6.94. The van der Waals surface area contributed by atoms with Crippen molar-refractivity contribution in [3.63, 3.8) is 0 Å². The number of methoxy groups -OCH3 is 1. The zero-order chi connectivity index (χ0) is 13.6. The lowest BCUT2D eigenvalue weighted by Gasteiger charge is -2.07. The number of aliphatic hydroxyl groups is 1. The Morgan fingerprint density at radius 2 is 1.94 bits per heavy atom. The summed E-state index contributed by atoms with van der Waals surface area (Å²) in [4.78, 5) is 0. The van der Waals surface area contributed by atoms with Crippen molar-refractivity contribution in [2.45, 2.75) is 16.7 Å². The second kappa shape index (κ2) is 4.22. The van der Waals surface area contributed by atoms with E-state index in [1.54, 1.807) is 31.4 Å². The minimum Gasteiger partial charge on any atom is -0.497 e. The number of nitrogens with two attached hydrogens (primary N) is 1. The molecule has 0 spiro atoms. The van der Waals surface area contributed by atoms with Crippen molar-refractivity contribution in [1.29, 1.82) is 0 Å². The first kappa shape index (κ1) is 13.3. The van der Waals surface area contributed by atoms with Gasteiger partial charge in [0.25, 0.3) is 0 Å². The summed E-state index contributed by atoms with van der Waals surface area (Å²) in [5, 5.41) is 8.60. The Kier molecular flexibility index (Phi) is 3.12. The Bertz CT molecular complexity index is 540. The third-order valence-corrected chi connectivity index (χ3v) is 5.15. The molecule has 1 fully saturated rings. The molecule has 18 heavy (non-hydrogen) atoms. The van der Waals surface area contributed by atoms with Gasteiger partial charge in [-0.25, -0.2) is 8.42 Å². The van der Waals surface area contributed by atoms with Crippen LogP contribution in [0.25, 0.3) is 0 Å². The van der Waals surface area contributed by atoms with Gasteiger partial charge in [-0.2, -0.15) is 0 Å². The molecule has 2 rings (SSSR count). The van der Waals surface area contributed by atoms with E-state index in [2.05, 4.69) is 0 Å². The van der Waals surface area contributed by atoms with Crippen molar-refractivity contribution in [2.24, 2.45) is 5.73 Å². The van der Waals surface area contributed by atoms with Crippen LogP contribution in [0.2, 0.25) is 0 Å². The van der Waals surface area contributed by atoms with Gasteiger partial charge in [0.05, 0.1) is 24.5 Å². The predicted molar refractivity (Wildman–Crippen MR) is 68.4 cm³/mol. The molecule has 0 heterocycles. The molecule has 0 radical (unpaired) electrons. The van der Waals surface area contributed by atoms with Gasteiger partial charge in [0, 0.05) is 12.2 Å². The Morgan fingerprint density at radius 1 is 1.39 bits per heavy atom. The lowest BCUT2D eigenvalue weighted by atomic mass is 10.1. The average molecular weight is 271 g/mol. The van der Waals surface area contributed by atoms with Gasteiger partial charge < -0.3 is 15.6 Å². The van der Waals surface area contributed by atoms with Crippen LogP contribution in [0.1, 0.15) is 11.5 Å². The maximum atomic E-state index is 11.7. The molecule has 3 unspecified atom stereocenters. The monoisotopic (exact) mass is 271 g/mol. The maximum Gasteiger partial charge on any atom is 0.152 e. The largest absolute Gasteiger partial charge is 0.497 e.